The van der Waals surface area contributed by atoms with E-state index in [1.54, 1.807) is 25.1 Å². The molecule has 0 aliphatic heterocycles. The zero-order valence-corrected chi connectivity index (χ0v) is 14.9. The van der Waals surface area contributed by atoms with Crippen molar-refractivity contribution in [3.63, 3.8) is 0 Å². The van der Waals surface area contributed by atoms with Gasteiger partial charge in [0.05, 0.1) is 11.5 Å². The third-order valence-corrected chi connectivity index (χ3v) is 4.75. The van der Waals surface area contributed by atoms with Gasteiger partial charge < -0.3 is 10.3 Å². The molecule has 10 heteroatoms. The minimum absolute atomic E-state index is 0.00269. The lowest BCUT2D eigenvalue weighted by Gasteiger charge is -2.10. The second-order valence-electron chi connectivity index (χ2n) is 5.66. The minimum atomic E-state index is -0.839. The number of thiophene rings is 1. The number of carbonyl (C=O) groups excluding carboxylic acids is 1. The summed E-state index contributed by atoms with van der Waals surface area (Å²) >= 11 is 1.37. The number of nitro benzene ring substituents is 1. The number of hydrogen-bond donors (Lipinski definition) is 2. The van der Waals surface area contributed by atoms with Crippen LogP contribution in [0.15, 0.2) is 51.5 Å². The van der Waals surface area contributed by atoms with Crippen molar-refractivity contribution in [1.82, 2.24) is 9.55 Å². The van der Waals surface area contributed by atoms with Gasteiger partial charge in [-0.3, -0.25) is 24.3 Å². The Morgan fingerprint density at radius 2 is 2.07 bits per heavy atom. The molecular weight excluding hydrogens is 372 g/mol. The van der Waals surface area contributed by atoms with Crippen molar-refractivity contribution < 1.29 is 9.72 Å². The number of benzene rings is 1. The Balaban J connectivity index is 1.98. The third-order valence-electron chi connectivity index (χ3n) is 3.89. The number of H-pyrrole nitrogens is 1. The molecule has 138 valence electrons. The summed E-state index contributed by atoms with van der Waals surface area (Å²) in [5, 5.41) is 15.4. The summed E-state index contributed by atoms with van der Waals surface area (Å²) in [7, 11) is 0. The Hall–Kier alpha value is -3.53. The van der Waals surface area contributed by atoms with Crippen LogP contribution in [0.2, 0.25) is 0 Å². The standard InChI is InChI=1S/C17H14N4O5S/c1-10-4-2-6-13(21(25)26)14(10)19-15(22)12-8-18-17(24)20(16(12)23)9-11-5-3-7-27-11/h2-8H,9H2,1H3,(H,18,24)(H,19,22). The predicted octanol–water partition coefficient (Wildman–Crippen LogP) is 2.12. The van der Waals surface area contributed by atoms with Crippen LogP contribution in [0.1, 0.15) is 20.8 Å². The van der Waals surface area contributed by atoms with E-state index in [-0.39, 0.29) is 23.5 Å². The zero-order valence-electron chi connectivity index (χ0n) is 14.1. The number of hydrogen-bond acceptors (Lipinski definition) is 6. The van der Waals surface area contributed by atoms with Crippen LogP contribution in [0.3, 0.4) is 0 Å². The van der Waals surface area contributed by atoms with Crippen molar-refractivity contribution in [1.29, 1.82) is 0 Å². The molecule has 1 aromatic carbocycles. The Bertz CT molecular complexity index is 1130. The molecule has 2 heterocycles. The number of nitrogens with zero attached hydrogens (tertiary/aromatic N) is 2. The second kappa shape index (κ2) is 7.38. The maximum Gasteiger partial charge on any atom is 0.328 e. The van der Waals surface area contributed by atoms with Gasteiger partial charge in [-0.1, -0.05) is 18.2 Å². The smallest absolute Gasteiger partial charge is 0.316 e. The van der Waals surface area contributed by atoms with E-state index in [0.29, 0.717) is 5.56 Å². The molecule has 3 aromatic rings. The molecule has 0 aliphatic carbocycles. The summed E-state index contributed by atoms with van der Waals surface area (Å²) < 4.78 is 0.910. The van der Waals surface area contributed by atoms with E-state index in [1.165, 1.54) is 23.5 Å². The van der Waals surface area contributed by atoms with Gasteiger partial charge in [-0.2, -0.15) is 0 Å². The molecular formula is C17H14N4O5S. The summed E-state index contributed by atoms with van der Waals surface area (Å²) in [5.41, 5.74) is -1.55. The van der Waals surface area contributed by atoms with Crippen molar-refractivity contribution in [2.45, 2.75) is 13.5 Å². The average Bonchev–Trinajstić information content (AvgIpc) is 3.13. The molecule has 9 nitrogen and oxygen atoms in total. The van der Waals surface area contributed by atoms with E-state index in [2.05, 4.69) is 10.3 Å². The van der Waals surface area contributed by atoms with E-state index in [9.17, 15) is 24.5 Å². The van der Waals surface area contributed by atoms with Crippen LogP contribution >= 0.6 is 11.3 Å². The number of nitro groups is 1. The summed E-state index contributed by atoms with van der Waals surface area (Å²) in [5.74, 6) is -0.839. The molecule has 27 heavy (non-hydrogen) atoms. The first-order valence-electron chi connectivity index (χ1n) is 7.78. The number of anilines is 1. The monoisotopic (exact) mass is 386 g/mol. The molecule has 2 N–H and O–H groups in total. The third kappa shape index (κ3) is 3.70. The largest absolute Gasteiger partial charge is 0.328 e. The highest BCUT2D eigenvalue weighted by Crippen LogP contribution is 2.27. The van der Waals surface area contributed by atoms with E-state index in [4.69, 9.17) is 0 Å². The van der Waals surface area contributed by atoms with Crippen molar-refractivity contribution in [2.24, 2.45) is 0 Å². The minimum Gasteiger partial charge on any atom is -0.316 e. The number of aromatic nitrogens is 2. The fraction of sp³-hybridized carbons (Fsp3) is 0.118. The van der Waals surface area contributed by atoms with Crippen molar-refractivity contribution in [3.8, 4) is 0 Å². The van der Waals surface area contributed by atoms with Crippen LogP contribution < -0.4 is 16.6 Å². The maximum atomic E-state index is 12.6. The highest BCUT2D eigenvalue weighted by atomic mass is 32.1. The second-order valence-corrected chi connectivity index (χ2v) is 6.69. The number of carbonyl (C=O) groups is 1. The predicted molar refractivity (Wildman–Crippen MR) is 101 cm³/mol. The molecule has 0 aliphatic rings. The normalized spacial score (nSPS) is 10.6. The van der Waals surface area contributed by atoms with Crippen LogP contribution in [0.4, 0.5) is 11.4 Å². The zero-order chi connectivity index (χ0) is 19.6. The Kier molecular flexibility index (Phi) is 4.99. The van der Waals surface area contributed by atoms with Gasteiger partial charge in [-0.15, -0.1) is 11.3 Å². The van der Waals surface area contributed by atoms with Crippen LogP contribution in [-0.2, 0) is 6.54 Å². The van der Waals surface area contributed by atoms with Gasteiger partial charge in [0.1, 0.15) is 11.3 Å². The molecule has 0 saturated carbocycles. The molecule has 0 radical (unpaired) electrons. The first-order chi connectivity index (χ1) is 12.9. The Labute approximate surface area is 156 Å². The van der Waals surface area contributed by atoms with Crippen molar-refractivity contribution in [2.75, 3.05) is 5.32 Å². The molecule has 2 aromatic heterocycles. The maximum absolute atomic E-state index is 12.6. The number of amides is 1. The van der Waals surface area contributed by atoms with Crippen LogP contribution in [-0.4, -0.2) is 20.4 Å². The van der Waals surface area contributed by atoms with Gasteiger partial charge in [0, 0.05) is 17.1 Å². The summed E-state index contributed by atoms with van der Waals surface area (Å²) in [6.45, 7) is 1.63. The first kappa shape index (κ1) is 18.3. The van der Waals surface area contributed by atoms with Crippen molar-refractivity contribution >= 4 is 28.6 Å². The number of para-hydroxylation sites is 1. The number of nitrogens with one attached hydrogen (secondary N) is 2. The van der Waals surface area contributed by atoms with Gasteiger partial charge in [0.15, 0.2) is 0 Å². The van der Waals surface area contributed by atoms with Crippen LogP contribution in [0.5, 0.6) is 0 Å². The SMILES string of the molecule is Cc1cccc([N+](=O)[O-])c1NC(=O)c1c[nH]c(=O)n(Cc2cccs2)c1=O. The summed E-state index contributed by atoms with van der Waals surface area (Å²) in [6, 6.07) is 7.90. The van der Waals surface area contributed by atoms with E-state index >= 15 is 0 Å². The fourth-order valence-electron chi connectivity index (χ4n) is 2.52. The molecule has 0 fully saturated rings. The lowest BCUT2D eigenvalue weighted by Crippen LogP contribution is -2.39. The number of aryl methyl sites for hydroxylation is 1. The number of rotatable bonds is 5. The van der Waals surface area contributed by atoms with E-state index in [1.807, 2.05) is 5.38 Å². The van der Waals surface area contributed by atoms with Gasteiger partial charge in [0.25, 0.3) is 17.2 Å². The van der Waals surface area contributed by atoms with Crippen LogP contribution in [0.25, 0.3) is 0 Å². The Morgan fingerprint density at radius 3 is 2.74 bits per heavy atom. The number of aromatic amines is 1. The molecule has 0 spiro atoms. The van der Waals surface area contributed by atoms with Gasteiger partial charge in [-0.05, 0) is 23.9 Å². The Morgan fingerprint density at radius 1 is 1.30 bits per heavy atom. The molecule has 0 bridgehead atoms. The van der Waals surface area contributed by atoms with E-state index < -0.39 is 22.1 Å². The van der Waals surface area contributed by atoms with Gasteiger partial charge >= 0.3 is 5.69 Å². The quantitative estimate of drug-likeness (QED) is 0.513. The molecule has 0 saturated heterocycles. The average molecular weight is 386 g/mol. The lowest BCUT2D eigenvalue weighted by molar-refractivity contribution is -0.384. The first-order valence-corrected chi connectivity index (χ1v) is 8.66. The molecule has 1 amide bonds. The van der Waals surface area contributed by atoms with Crippen molar-refractivity contribution in [3.05, 3.63) is 88.9 Å². The van der Waals surface area contributed by atoms with E-state index in [0.717, 1.165) is 15.6 Å². The molecule has 3 rings (SSSR count). The fourth-order valence-corrected chi connectivity index (χ4v) is 3.22. The molecule has 0 atom stereocenters. The van der Waals surface area contributed by atoms with Gasteiger partial charge in [0.2, 0.25) is 0 Å². The van der Waals surface area contributed by atoms with Crippen LogP contribution in [0, 0.1) is 17.0 Å². The van der Waals surface area contributed by atoms with Gasteiger partial charge in [-0.25, -0.2) is 4.79 Å². The summed E-state index contributed by atoms with van der Waals surface area (Å²) in [6.07, 6.45) is 1.01. The highest BCUT2D eigenvalue weighted by Gasteiger charge is 2.21. The highest BCUT2D eigenvalue weighted by molar-refractivity contribution is 7.09. The topological polar surface area (TPSA) is 127 Å². The summed E-state index contributed by atoms with van der Waals surface area (Å²) in [4.78, 5) is 50.8. The lowest BCUT2D eigenvalue weighted by atomic mass is 10.1. The molecule has 0 unspecified atom stereocenters.